The molecule has 1 heterocycles. The number of aromatic nitrogens is 2. The lowest BCUT2D eigenvalue weighted by Crippen LogP contribution is -2.29. The van der Waals surface area contributed by atoms with Crippen molar-refractivity contribution in [3.8, 4) is 11.4 Å². The third-order valence-corrected chi connectivity index (χ3v) is 6.68. The van der Waals surface area contributed by atoms with Gasteiger partial charge < -0.3 is 5.32 Å². The first kappa shape index (κ1) is 21.2. The molecule has 0 spiro atoms. The predicted molar refractivity (Wildman–Crippen MR) is 124 cm³/mol. The van der Waals surface area contributed by atoms with E-state index in [2.05, 4.69) is 15.3 Å². The number of sulfonamides is 1. The molecule has 0 aliphatic heterocycles. The first-order valence-corrected chi connectivity index (χ1v) is 11.2. The van der Waals surface area contributed by atoms with Gasteiger partial charge in [0.25, 0.3) is 15.9 Å². The van der Waals surface area contributed by atoms with Crippen LogP contribution in [0.3, 0.4) is 0 Å². The van der Waals surface area contributed by atoms with Gasteiger partial charge in [-0.1, -0.05) is 60.7 Å². The van der Waals surface area contributed by atoms with Gasteiger partial charge in [-0.2, -0.15) is 0 Å². The van der Waals surface area contributed by atoms with Crippen molar-refractivity contribution in [2.45, 2.75) is 4.90 Å². The zero-order valence-corrected chi connectivity index (χ0v) is 18.0. The fourth-order valence-electron chi connectivity index (χ4n) is 3.13. The highest BCUT2D eigenvalue weighted by Crippen LogP contribution is 2.25. The van der Waals surface area contributed by atoms with Gasteiger partial charge >= 0.3 is 0 Å². The summed E-state index contributed by atoms with van der Waals surface area (Å²) >= 11 is 0. The average molecular weight is 445 g/mol. The SMILES string of the molecule is CN(c1ccccc1)S(=O)(=O)c1ccccc1C(=O)Nc1cnc(-c2ccccc2)nc1. The summed E-state index contributed by atoms with van der Waals surface area (Å²) in [5.41, 5.74) is 1.74. The van der Waals surface area contributed by atoms with Gasteiger partial charge in [-0.25, -0.2) is 18.4 Å². The number of nitrogens with zero attached hydrogens (tertiary/aromatic N) is 3. The Bertz CT molecular complexity index is 1330. The number of carbonyl (C=O) groups is 1. The number of carbonyl (C=O) groups excluding carboxylic acids is 1. The van der Waals surface area contributed by atoms with E-state index in [-0.39, 0.29) is 10.5 Å². The van der Waals surface area contributed by atoms with Crippen molar-refractivity contribution in [2.24, 2.45) is 0 Å². The molecule has 1 N–H and O–H groups in total. The Morgan fingerprint density at radius 2 is 1.38 bits per heavy atom. The van der Waals surface area contributed by atoms with E-state index < -0.39 is 15.9 Å². The zero-order chi connectivity index (χ0) is 22.6. The average Bonchev–Trinajstić information content (AvgIpc) is 2.85. The monoisotopic (exact) mass is 444 g/mol. The molecule has 4 aromatic rings. The number of anilines is 2. The van der Waals surface area contributed by atoms with Crippen LogP contribution in [0.1, 0.15) is 10.4 Å². The van der Waals surface area contributed by atoms with Crippen LogP contribution in [0.15, 0.2) is 102 Å². The molecule has 7 nitrogen and oxygen atoms in total. The highest BCUT2D eigenvalue weighted by molar-refractivity contribution is 7.92. The third kappa shape index (κ3) is 4.35. The van der Waals surface area contributed by atoms with Gasteiger partial charge in [0.15, 0.2) is 5.82 Å². The molecular weight excluding hydrogens is 424 g/mol. The second-order valence-electron chi connectivity index (χ2n) is 6.92. The summed E-state index contributed by atoms with van der Waals surface area (Å²) in [5.74, 6) is -0.0437. The van der Waals surface area contributed by atoms with Crippen LogP contribution in [0.25, 0.3) is 11.4 Å². The van der Waals surface area contributed by atoms with E-state index in [0.29, 0.717) is 17.2 Å². The lowest BCUT2D eigenvalue weighted by molar-refractivity contribution is 0.102. The van der Waals surface area contributed by atoms with E-state index in [1.54, 1.807) is 42.5 Å². The van der Waals surface area contributed by atoms with E-state index in [4.69, 9.17) is 0 Å². The van der Waals surface area contributed by atoms with Crippen LogP contribution in [0.4, 0.5) is 11.4 Å². The van der Waals surface area contributed by atoms with Gasteiger partial charge in [-0.05, 0) is 24.3 Å². The molecule has 0 saturated heterocycles. The van der Waals surface area contributed by atoms with Crippen LogP contribution in [0.5, 0.6) is 0 Å². The fraction of sp³-hybridized carbons (Fsp3) is 0.0417. The van der Waals surface area contributed by atoms with E-state index in [1.165, 1.54) is 31.6 Å². The Morgan fingerprint density at radius 1 is 0.812 bits per heavy atom. The molecule has 0 unspecified atom stereocenters. The van der Waals surface area contributed by atoms with Gasteiger partial charge in [0.1, 0.15) is 4.90 Å². The van der Waals surface area contributed by atoms with Crippen molar-refractivity contribution in [3.05, 3.63) is 103 Å². The minimum Gasteiger partial charge on any atom is -0.319 e. The topological polar surface area (TPSA) is 92.3 Å². The summed E-state index contributed by atoms with van der Waals surface area (Å²) in [6.07, 6.45) is 2.97. The molecule has 0 saturated carbocycles. The minimum atomic E-state index is -3.96. The lowest BCUT2D eigenvalue weighted by Gasteiger charge is -2.21. The van der Waals surface area contributed by atoms with Crippen LogP contribution in [-0.4, -0.2) is 31.3 Å². The molecule has 0 bridgehead atoms. The summed E-state index contributed by atoms with van der Waals surface area (Å²) in [4.78, 5) is 21.4. The normalized spacial score (nSPS) is 11.0. The Balaban J connectivity index is 1.59. The molecule has 0 aliphatic carbocycles. The van der Waals surface area contributed by atoms with Gasteiger partial charge in [0.05, 0.1) is 29.3 Å². The second-order valence-corrected chi connectivity index (χ2v) is 8.86. The maximum atomic E-state index is 13.2. The molecule has 0 fully saturated rings. The standard InChI is InChI=1S/C24H20N4O3S/c1-28(20-12-6-3-7-13-20)32(30,31)22-15-9-8-14-21(22)24(29)27-19-16-25-23(26-17-19)18-10-4-2-5-11-18/h2-17H,1H3,(H,27,29). The Morgan fingerprint density at radius 3 is 2.03 bits per heavy atom. The lowest BCUT2D eigenvalue weighted by atomic mass is 10.2. The molecule has 0 radical (unpaired) electrons. The number of nitrogens with one attached hydrogen (secondary N) is 1. The number of benzene rings is 3. The molecule has 3 aromatic carbocycles. The van der Waals surface area contributed by atoms with Crippen molar-refractivity contribution >= 4 is 27.3 Å². The summed E-state index contributed by atoms with van der Waals surface area (Å²) < 4.78 is 27.6. The minimum absolute atomic E-state index is 0.0300. The van der Waals surface area contributed by atoms with Gasteiger partial charge in [0, 0.05) is 12.6 Å². The van der Waals surface area contributed by atoms with Crippen molar-refractivity contribution in [2.75, 3.05) is 16.7 Å². The highest BCUT2D eigenvalue weighted by atomic mass is 32.2. The van der Waals surface area contributed by atoms with E-state index in [0.717, 1.165) is 9.87 Å². The molecule has 1 amide bonds. The molecular formula is C24H20N4O3S. The summed E-state index contributed by atoms with van der Waals surface area (Å²) in [5, 5.41) is 2.68. The molecule has 0 atom stereocenters. The van der Waals surface area contributed by atoms with Crippen LogP contribution in [-0.2, 0) is 10.0 Å². The summed E-state index contributed by atoms with van der Waals surface area (Å²) in [7, 11) is -2.51. The quantitative estimate of drug-likeness (QED) is 0.481. The number of hydrogen-bond acceptors (Lipinski definition) is 5. The number of rotatable bonds is 6. The molecule has 4 rings (SSSR count). The maximum Gasteiger partial charge on any atom is 0.264 e. The van der Waals surface area contributed by atoms with Crippen molar-refractivity contribution in [1.82, 2.24) is 9.97 Å². The Labute approximate surface area is 186 Å². The number of para-hydroxylation sites is 1. The molecule has 160 valence electrons. The smallest absolute Gasteiger partial charge is 0.264 e. The van der Waals surface area contributed by atoms with E-state index in [1.807, 2.05) is 30.3 Å². The maximum absolute atomic E-state index is 13.2. The first-order valence-electron chi connectivity index (χ1n) is 9.78. The van der Waals surface area contributed by atoms with Crippen LogP contribution in [0, 0.1) is 0 Å². The fourth-order valence-corrected chi connectivity index (χ4v) is 4.51. The first-order chi connectivity index (χ1) is 15.5. The van der Waals surface area contributed by atoms with Crippen LogP contribution >= 0.6 is 0 Å². The number of amides is 1. The molecule has 32 heavy (non-hydrogen) atoms. The van der Waals surface area contributed by atoms with Crippen molar-refractivity contribution < 1.29 is 13.2 Å². The van der Waals surface area contributed by atoms with Crippen molar-refractivity contribution in [1.29, 1.82) is 0 Å². The van der Waals surface area contributed by atoms with Gasteiger partial charge in [-0.3, -0.25) is 9.10 Å². The van der Waals surface area contributed by atoms with Gasteiger partial charge in [0.2, 0.25) is 0 Å². The highest BCUT2D eigenvalue weighted by Gasteiger charge is 2.26. The number of hydrogen-bond donors (Lipinski definition) is 1. The summed E-state index contributed by atoms with van der Waals surface area (Å²) in [6.45, 7) is 0. The molecule has 0 aliphatic rings. The molecule has 8 heteroatoms. The van der Waals surface area contributed by atoms with Gasteiger partial charge in [-0.15, -0.1) is 0 Å². The third-order valence-electron chi connectivity index (χ3n) is 4.83. The van der Waals surface area contributed by atoms with Crippen molar-refractivity contribution in [3.63, 3.8) is 0 Å². The predicted octanol–water partition coefficient (Wildman–Crippen LogP) is 4.22. The van der Waals surface area contributed by atoms with E-state index in [9.17, 15) is 13.2 Å². The second kappa shape index (κ2) is 8.99. The largest absolute Gasteiger partial charge is 0.319 e. The Hall–Kier alpha value is -4.04. The Kier molecular flexibility index (Phi) is 5.96. The van der Waals surface area contributed by atoms with Crippen LogP contribution in [0.2, 0.25) is 0 Å². The van der Waals surface area contributed by atoms with E-state index >= 15 is 0 Å². The van der Waals surface area contributed by atoms with Crippen LogP contribution < -0.4 is 9.62 Å². The summed E-state index contributed by atoms with van der Waals surface area (Å²) in [6, 6.07) is 24.2. The molecule has 1 aromatic heterocycles. The zero-order valence-electron chi connectivity index (χ0n) is 17.2.